The highest BCUT2D eigenvalue weighted by Crippen LogP contribution is 2.30. The Morgan fingerprint density at radius 3 is 2.61 bits per heavy atom. The first-order valence-corrected chi connectivity index (χ1v) is 9.21. The average molecular weight is 382 g/mol. The second-order valence-corrected chi connectivity index (χ2v) is 7.51. The minimum atomic E-state index is 0. The van der Waals surface area contributed by atoms with E-state index in [0.29, 0.717) is 12.0 Å². The number of nitrogens with zero attached hydrogens (tertiary/aromatic N) is 3. The Bertz CT molecular complexity index is 465. The summed E-state index contributed by atoms with van der Waals surface area (Å²) in [6.07, 6.45) is 7.32. The molecule has 0 aromatic carbocycles. The van der Waals surface area contributed by atoms with Crippen molar-refractivity contribution in [3.63, 3.8) is 0 Å². The van der Waals surface area contributed by atoms with Crippen LogP contribution in [0.15, 0.2) is 5.16 Å². The molecule has 1 aliphatic heterocycles. The largest absolute Gasteiger partial charge is 0.328 e. The lowest BCUT2D eigenvalue weighted by Gasteiger charge is -2.26. The number of rotatable bonds is 4. The summed E-state index contributed by atoms with van der Waals surface area (Å²) >= 11 is 1.86. The van der Waals surface area contributed by atoms with Crippen LogP contribution >= 0.6 is 36.6 Å². The molecule has 0 bridgehead atoms. The number of aromatic nitrogens is 3. The molecule has 5 nitrogen and oxygen atoms in total. The van der Waals surface area contributed by atoms with Crippen LogP contribution in [-0.2, 0) is 7.05 Å². The van der Waals surface area contributed by atoms with Crippen LogP contribution in [0.4, 0.5) is 0 Å². The van der Waals surface area contributed by atoms with E-state index in [1.165, 1.54) is 44.3 Å². The van der Waals surface area contributed by atoms with Crippen LogP contribution in [0.5, 0.6) is 0 Å². The van der Waals surface area contributed by atoms with Crippen LogP contribution in [-0.4, -0.2) is 39.6 Å². The molecular weight excluding hydrogens is 353 g/mol. The van der Waals surface area contributed by atoms with Crippen LogP contribution in [0.25, 0.3) is 0 Å². The van der Waals surface area contributed by atoms with Gasteiger partial charge in [0, 0.05) is 24.8 Å². The molecule has 2 atom stereocenters. The van der Waals surface area contributed by atoms with E-state index in [0.717, 1.165) is 29.9 Å². The Hall–Kier alpha value is -0.0100. The molecule has 0 spiro atoms. The summed E-state index contributed by atoms with van der Waals surface area (Å²) in [5, 5.41) is 13.4. The molecule has 1 saturated heterocycles. The molecular formula is C15H29Cl2N5S. The van der Waals surface area contributed by atoms with Crippen molar-refractivity contribution in [1.82, 2.24) is 20.1 Å². The molecule has 23 heavy (non-hydrogen) atoms. The van der Waals surface area contributed by atoms with E-state index in [1.54, 1.807) is 0 Å². The molecule has 134 valence electrons. The summed E-state index contributed by atoms with van der Waals surface area (Å²) in [6.45, 7) is 2.19. The summed E-state index contributed by atoms with van der Waals surface area (Å²) in [7, 11) is 2.12. The third-order valence-corrected chi connectivity index (χ3v) is 6.10. The van der Waals surface area contributed by atoms with Gasteiger partial charge in [-0.25, -0.2) is 0 Å². The lowest BCUT2D eigenvalue weighted by molar-refractivity contribution is 0.349. The molecule has 2 heterocycles. The molecule has 3 rings (SSSR count). The smallest absolute Gasteiger partial charge is 0.190 e. The van der Waals surface area contributed by atoms with Gasteiger partial charge in [0.25, 0.3) is 0 Å². The Kier molecular flexibility index (Phi) is 9.23. The van der Waals surface area contributed by atoms with Crippen molar-refractivity contribution < 1.29 is 0 Å². The Morgan fingerprint density at radius 2 is 1.91 bits per heavy atom. The van der Waals surface area contributed by atoms with E-state index in [1.807, 2.05) is 11.8 Å². The van der Waals surface area contributed by atoms with Crippen LogP contribution in [0.1, 0.15) is 50.3 Å². The molecule has 1 aromatic rings. The minimum Gasteiger partial charge on any atom is -0.328 e. The molecule has 1 aromatic heterocycles. The van der Waals surface area contributed by atoms with Gasteiger partial charge in [-0.15, -0.1) is 35.0 Å². The second-order valence-electron chi connectivity index (χ2n) is 6.53. The lowest BCUT2D eigenvalue weighted by Crippen LogP contribution is -2.28. The first-order valence-electron chi connectivity index (χ1n) is 8.22. The molecule has 0 unspecified atom stereocenters. The van der Waals surface area contributed by atoms with Crippen molar-refractivity contribution in [3.05, 3.63) is 5.82 Å². The van der Waals surface area contributed by atoms with Gasteiger partial charge in [0.05, 0.1) is 0 Å². The molecule has 8 heteroatoms. The Morgan fingerprint density at radius 1 is 1.17 bits per heavy atom. The minimum absolute atomic E-state index is 0. The van der Waals surface area contributed by atoms with Crippen molar-refractivity contribution in [1.29, 1.82) is 0 Å². The summed E-state index contributed by atoms with van der Waals surface area (Å²) < 4.78 is 2.21. The predicted molar refractivity (Wildman–Crippen MR) is 101 cm³/mol. The quantitative estimate of drug-likeness (QED) is 0.784. The first-order chi connectivity index (χ1) is 10.2. The second kappa shape index (κ2) is 10.1. The molecule has 0 radical (unpaired) electrons. The molecule has 1 saturated carbocycles. The maximum absolute atomic E-state index is 6.08. The standard InChI is InChI=1S/C15H27N5S.2ClH/c1-20-14(12-5-7-17-8-6-12)18-19-15(20)21-10-11-3-2-4-13(16)9-11;;/h11-13,17H,2-10,16H2,1H3;2*1H/t11-,13+;;/m1../s1. The monoisotopic (exact) mass is 381 g/mol. The summed E-state index contributed by atoms with van der Waals surface area (Å²) in [4.78, 5) is 0. The number of thioether (sulfide) groups is 1. The molecule has 3 N–H and O–H groups in total. The number of piperidine rings is 1. The van der Waals surface area contributed by atoms with Crippen molar-refractivity contribution in [2.24, 2.45) is 18.7 Å². The number of nitrogens with one attached hydrogen (secondary N) is 1. The highest BCUT2D eigenvalue weighted by molar-refractivity contribution is 7.99. The van der Waals surface area contributed by atoms with Gasteiger partial charge in [-0.1, -0.05) is 18.2 Å². The van der Waals surface area contributed by atoms with E-state index in [-0.39, 0.29) is 24.8 Å². The van der Waals surface area contributed by atoms with Gasteiger partial charge in [-0.3, -0.25) is 0 Å². The summed E-state index contributed by atoms with van der Waals surface area (Å²) in [5.41, 5.74) is 6.08. The topological polar surface area (TPSA) is 68.8 Å². The fourth-order valence-electron chi connectivity index (χ4n) is 3.56. The Labute approximate surface area is 155 Å². The Balaban J connectivity index is 0.00000132. The van der Waals surface area contributed by atoms with Crippen LogP contribution in [0.3, 0.4) is 0 Å². The van der Waals surface area contributed by atoms with E-state index < -0.39 is 0 Å². The van der Waals surface area contributed by atoms with Gasteiger partial charge in [0.1, 0.15) is 5.82 Å². The molecule has 2 aliphatic rings. The van der Waals surface area contributed by atoms with Crippen molar-refractivity contribution in [3.8, 4) is 0 Å². The number of hydrogen-bond donors (Lipinski definition) is 2. The van der Waals surface area contributed by atoms with E-state index in [4.69, 9.17) is 5.73 Å². The van der Waals surface area contributed by atoms with Crippen LogP contribution in [0.2, 0.25) is 0 Å². The molecule has 2 fully saturated rings. The maximum atomic E-state index is 6.08. The van der Waals surface area contributed by atoms with E-state index >= 15 is 0 Å². The van der Waals surface area contributed by atoms with Gasteiger partial charge in [-0.05, 0) is 51.1 Å². The summed E-state index contributed by atoms with van der Waals surface area (Å²) in [5.74, 6) is 3.62. The van der Waals surface area contributed by atoms with Gasteiger partial charge >= 0.3 is 0 Å². The van der Waals surface area contributed by atoms with Gasteiger partial charge in [0.15, 0.2) is 5.16 Å². The van der Waals surface area contributed by atoms with Crippen molar-refractivity contribution in [2.45, 2.75) is 55.6 Å². The average Bonchev–Trinajstić information content (AvgIpc) is 2.87. The number of nitrogens with two attached hydrogens (primary N) is 1. The van der Waals surface area contributed by atoms with Gasteiger partial charge in [-0.2, -0.15) is 0 Å². The van der Waals surface area contributed by atoms with Crippen LogP contribution < -0.4 is 11.1 Å². The highest BCUT2D eigenvalue weighted by atomic mass is 35.5. The van der Waals surface area contributed by atoms with Crippen LogP contribution in [0, 0.1) is 5.92 Å². The predicted octanol–water partition coefficient (Wildman–Crippen LogP) is 2.74. The SMILES string of the molecule is Cl.Cl.Cn1c(SC[C@@H]2CCC[C@H](N)C2)nnc1C1CCNCC1. The van der Waals surface area contributed by atoms with E-state index in [9.17, 15) is 0 Å². The zero-order valence-electron chi connectivity index (χ0n) is 13.7. The van der Waals surface area contributed by atoms with Gasteiger partial charge in [0.2, 0.25) is 0 Å². The van der Waals surface area contributed by atoms with E-state index in [2.05, 4.69) is 27.1 Å². The normalized spacial score (nSPS) is 25.5. The zero-order chi connectivity index (χ0) is 14.7. The highest BCUT2D eigenvalue weighted by Gasteiger charge is 2.23. The molecule has 0 amide bonds. The van der Waals surface area contributed by atoms with Gasteiger partial charge < -0.3 is 15.6 Å². The lowest BCUT2D eigenvalue weighted by atomic mass is 9.87. The number of halogens is 2. The summed E-state index contributed by atoms with van der Waals surface area (Å²) in [6, 6.07) is 0.411. The third-order valence-electron chi connectivity index (χ3n) is 4.84. The first kappa shape index (κ1) is 21.0. The fraction of sp³-hybridized carbons (Fsp3) is 0.867. The third kappa shape index (κ3) is 5.49. The molecule has 1 aliphatic carbocycles. The van der Waals surface area contributed by atoms with Crippen molar-refractivity contribution in [2.75, 3.05) is 18.8 Å². The zero-order valence-corrected chi connectivity index (χ0v) is 16.2. The maximum Gasteiger partial charge on any atom is 0.190 e. The number of hydrogen-bond acceptors (Lipinski definition) is 5. The fourth-order valence-corrected chi connectivity index (χ4v) is 4.64. The van der Waals surface area contributed by atoms with Crippen molar-refractivity contribution >= 4 is 36.6 Å².